The highest BCUT2D eigenvalue weighted by atomic mass is 32.2. The maximum Gasteiger partial charge on any atom is 0.416 e. The molecule has 1 atom stereocenters. The van der Waals surface area contributed by atoms with Crippen LogP contribution in [0.5, 0.6) is 0 Å². The quantitative estimate of drug-likeness (QED) is 0.441. The summed E-state index contributed by atoms with van der Waals surface area (Å²) >= 11 is 0. The van der Waals surface area contributed by atoms with Crippen molar-refractivity contribution >= 4 is 22.8 Å². The number of rotatable bonds is 12. The van der Waals surface area contributed by atoms with E-state index in [0.717, 1.165) is 29.6 Å². The van der Waals surface area contributed by atoms with Crippen molar-refractivity contribution in [3.05, 3.63) is 59.7 Å². The normalized spacial score (nSPS) is 13.8. The minimum Gasteiger partial charge on any atom is -0.390 e. The van der Waals surface area contributed by atoms with Gasteiger partial charge in [0.25, 0.3) is 0 Å². The van der Waals surface area contributed by atoms with Gasteiger partial charge in [0.2, 0.25) is 10.0 Å². The van der Waals surface area contributed by atoms with Crippen LogP contribution in [0.25, 0.3) is 0 Å². The summed E-state index contributed by atoms with van der Waals surface area (Å²) in [5, 5.41) is 13.7. The zero-order valence-corrected chi connectivity index (χ0v) is 21.0. The lowest BCUT2D eigenvalue weighted by atomic mass is 9.73. The smallest absolute Gasteiger partial charge is 0.390 e. The summed E-state index contributed by atoms with van der Waals surface area (Å²) in [7, 11) is -2.68. The third-order valence-corrected chi connectivity index (χ3v) is 7.76. The fourth-order valence-electron chi connectivity index (χ4n) is 3.75. The summed E-state index contributed by atoms with van der Waals surface area (Å²) < 4.78 is 66.4. The number of aryl methyl sites for hydroxylation is 1. The summed E-state index contributed by atoms with van der Waals surface area (Å²) in [5.41, 5.74) is 0.262. The molecule has 0 heterocycles. The Morgan fingerprint density at radius 3 is 2.35 bits per heavy atom. The summed E-state index contributed by atoms with van der Waals surface area (Å²) in [5.74, 6) is 0. The SMILES string of the molecule is CBc1ccc(C(F)(F)F)cc1S(=O)(=O)N(C)C[C@H](O)CNC(C)(C)CCCc1ccccc1. The van der Waals surface area contributed by atoms with Crippen LogP contribution in [0, 0.1) is 0 Å². The topological polar surface area (TPSA) is 69.6 Å². The summed E-state index contributed by atoms with van der Waals surface area (Å²) in [6.07, 6.45) is -2.93. The zero-order chi connectivity index (χ0) is 25.6. The first kappa shape index (κ1) is 28.4. The fourth-order valence-corrected chi connectivity index (χ4v) is 5.28. The van der Waals surface area contributed by atoms with Crippen LogP contribution in [0.3, 0.4) is 0 Å². The van der Waals surface area contributed by atoms with Gasteiger partial charge in [-0.1, -0.05) is 54.8 Å². The lowest BCUT2D eigenvalue weighted by Crippen LogP contribution is -2.47. The average molecular weight is 498 g/mol. The van der Waals surface area contributed by atoms with E-state index in [2.05, 4.69) is 17.4 Å². The van der Waals surface area contributed by atoms with Crippen LogP contribution in [-0.4, -0.2) is 56.9 Å². The molecular weight excluding hydrogens is 464 g/mol. The summed E-state index contributed by atoms with van der Waals surface area (Å²) in [6, 6.07) is 12.9. The molecule has 34 heavy (non-hydrogen) atoms. The largest absolute Gasteiger partial charge is 0.416 e. The highest BCUT2D eigenvalue weighted by Crippen LogP contribution is 2.30. The molecule has 0 aliphatic heterocycles. The van der Waals surface area contributed by atoms with Gasteiger partial charge in [0, 0.05) is 25.7 Å². The van der Waals surface area contributed by atoms with Gasteiger partial charge in [0.05, 0.1) is 16.6 Å². The van der Waals surface area contributed by atoms with Gasteiger partial charge in [0.1, 0.15) is 0 Å². The molecule has 0 aliphatic carbocycles. The van der Waals surface area contributed by atoms with Crippen LogP contribution in [-0.2, 0) is 22.6 Å². The molecule has 5 nitrogen and oxygen atoms in total. The van der Waals surface area contributed by atoms with E-state index in [1.807, 2.05) is 32.0 Å². The Hall–Kier alpha value is -1.88. The predicted octanol–water partition coefficient (Wildman–Crippen LogP) is 3.19. The number of hydrogen-bond acceptors (Lipinski definition) is 4. The second kappa shape index (κ2) is 11.7. The number of aliphatic hydroxyl groups is 1. The number of sulfonamides is 1. The first-order chi connectivity index (χ1) is 15.8. The van der Waals surface area contributed by atoms with Crippen molar-refractivity contribution in [2.24, 2.45) is 0 Å². The number of alkyl halides is 3. The standard InChI is InChI=1S/C24H34BF3N2O3S/c1-23(2,14-8-11-18-9-6-5-7-10-18)29-16-20(31)17-30(4)34(32,33)22-15-19(24(26,27)28)12-13-21(22)25-3/h5-7,9-10,12-13,15,20,25,29,31H,8,11,14,16-17H2,1-4H3/t20-/m1/s1. The Balaban J connectivity index is 1.97. The Kier molecular flexibility index (Phi) is 9.76. The number of halogens is 3. The number of nitrogens with zero attached hydrogens (tertiary/aromatic N) is 1. The number of likely N-dealkylation sites (N-methyl/N-ethyl adjacent to an activating group) is 1. The maximum atomic E-state index is 13.1. The lowest BCUT2D eigenvalue weighted by molar-refractivity contribution is -0.137. The number of aliphatic hydroxyl groups excluding tert-OH is 1. The number of hydrogen-bond donors (Lipinski definition) is 2. The van der Waals surface area contributed by atoms with Crippen LogP contribution in [0.15, 0.2) is 53.4 Å². The molecule has 0 spiro atoms. The third-order valence-electron chi connectivity index (χ3n) is 5.86. The average Bonchev–Trinajstić information content (AvgIpc) is 2.77. The Morgan fingerprint density at radius 1 is 1.12 bits per heavy atom. The predicted molar refractivity (Wildman–Crippen MR) is 131 cm³/mol. The molecule has 0 saturated carbocycles. The lowest BCUT2D eigenvalue weighted by Gasteiger charge is -2.29. The van der Waals surface area contributed by atoms with E-state index in [4.69, 9.17) is 0 Å². The van der Waals surface area contributed by atoms with Gasteiger partial charge in [-0.2, -0.15) is 17.5 Å². The van der Waals surface area contributed by atoms with E-state index in [9.17, 15) is 26.7 Å². The monoisotopic (exact) mass is 498 g/mol. The number of benzene rings is 2. The van der Waals surface area contributed by atoms with Gasteiger partial charge in [-0.15, -0.1) is 0 Å². The van der Waals surface area contributed by atoms with Crippen molar-refractivity contribution in [3.63, 3.8) is 0 Å². The molecule has 0 fully saturated rings. The van der Waals surface area contributed by atoms with Gasteiger partial charge in [-0.3, -0.25) is 0 Å². The molecule has 0 aromatic heterocycles. The Bertz CT molecular complexity index is 1030. The van der Waals surface area contributed by atoms with Crippen LogP contribution in [0.1, 0.15) is 37.8 Å². The molecule has 188 valence electrons. The van der Waals surface area contributed by atoms with Gasteiger partial charge in [0.15, 0.2) is 7.28 Å². The van der Waals surface area contributed by atoms with Crippen molar-refractivity contribution in [2.45, 2.75) is 62.6 Å². The van der Waals surface area contributed by atoms with Crippen molar-refractivity contribution in [2.75, 3.05) is 20.1 Å². The summed E-state index contributed by atoms with van der Waals surface area (Å²) in [4.78, 5) is -0.381. The first-order valence-electron chi connectivity index (χ1n) is 11.4. The minimum absolute atomic E-state index is 0.154. The fraction of sp³-hybridized carbons (Fsp3) is 0.500. The highest BCUT2D eigenvalue weighted by molar-refractivity contribution is 7.89. The second-order valence-electron chi connectivity index (χ2n) is 9.22. The third kappa shape index (κ3) is 8.11. The Labute approximate surface area is 201 Å². The molecule has 10 heteroatoms. The molecule has 2 rings (SSSR count). The van der Waals surface area contributed by atoms with E-state index >= 15 is 0 Å². The van der Waals surface area contributed by atoms with Gasteiger partial charge in [-0.25, -0.2) is 8.42 Å². The minimum atomic E-state index is -4.65. The van der Waals surface area contributed by atoms with E-state index in [-0.39, 0.29) is 30.8 Å². The highest BCUT2D eigenvalue weighted by Gasteiger charge is 2.34. The molecule has 0 bridgehead atoms. The molecular formula is C24H34BF3N2O3S. The maximum absolute atomic E-state index is 13.1. The molecule has 2 aromatic rings. The van der Waals surface area contributed by atoms with Gasteiger partial charge < -0.3 is 10.4 Å². The molecule has 0 unspecified atom stereocenters. The van der Waals surface area contributed by atoms with E-state index in [1.165, 1.54) is 18.7 Å². The van der Waals surface area contributed by atoms with Crippen molar-refractivity contribution < 1.29 is 26.7 Å². The molecule has 2 aromatic carbocycles. The van der Waals surface area contributed by atoms with Crippen LogP contribution in [0.4, 0.5) is 13.2 Å². The zero-order valence-electron chi connectivity index (χ0n) is 20.2. The van der Waals surface area contributed by atoms with E-state index in [0.29, 0.717) is 11.5 Å². The van der Waals surface area contributed by atoms with Crippen LogP contribution >= 0.6 is 0 Å². The molecule has 0 aliphatic rings. The van der Waals surface area contributed by atoms with Gasteiger partial charge >= 0.3 is 6.18 Å². The number of nitrogens with one attached hydrogen (secondary N) is 1. The second-order valence-corrected chi connectivity index (χ2v) is 11.2. The van der Waals surface area contributed by atoms with Crippen molar-refractivity contribution in [1.82, 2.24) is 9.62 Å². The van der Waals surface area contributed by atoms with Crippen molar-refractivity contribution in [1.29, 1.82) is 0 Å². The van der Waals surface area contributed by atoms with Crippen LogP contribution < -0.4 is 10.8 Å². The summed E-state index contributed by atoms with van der Waals surface area (Å²) in [6.45, 7) is 5.62. The molecule has 2 N–H and O–H groups in total. The van der Waals surface area contributed by atoms with Crippen molar-refractivity contribution in [3.8, 4) is 0 Å². The molecule has 0 amide bonds. The van der Waals surface area contributed by atoms with Gasteiger partial charge in [-0.05, 0) is 44.7 Å². The van der Waals surface area contributed by atoms with E-state index < -0.39 is 27.9 Å². The molecule has 0 saturated heterocycles. The van der Waals surface area contributed by atoms with Crippen LogP contribution in [0.2, 0.25) is 6.82 Å². The Morgan fingerprint density at radius 2 is 1.76 bits per heavy atom. The molecule has 0 radical (unpaired) electrons. The van der Waals surface area contributed by atoms with E-state index in [1.54, 1.807) is 6.82 Å². The first-order valence-corrected chi connectivity index (χ1v) is 12.8. The number of β-amino-alcohol motifs (C(OH)–C–C–N with tert-alkyl or cyclic N) is 1.